The summed E-state index contributed by atoms with van der Waals surface area (Å²) in [5.41, 5.74) is 3.46. The Kier molecular flexibility index (Phi) is 5.29. The van der Waals surface area contributed by atoms with Gasteiger partial charge in [-0.3, -0.25) is 9.59 Å². The van der Waals surface area contributed by atoms with Gasteiger partial charge in [-0.15, -0.1) is 0 Å². The third-order valence-electron chi connectivity index (χ3n) is 5.25. The summed E-state index contributed by atoms with van der Waals surface area (Å²) in [6.45, 7) is 0.574. The smallest absolute Gasteiger partial charge is 0.263 e. The molecule has 3 aromatic rings. The van der Waals surface area contributed by atoms with E-state index in [9.17, 15) is 18.4 Å². The van der Waals surface area contributed by atoms with Crippen molar-refractivity contribution in [3.8, 4) is 11.3 Å². The van der Waals surface area contributed by atoms with E-state index in [1.807, 2.05) is 24.3 Å². The molecule has 1 aliphatic rings. The summed E-state index contributed by atoms with van der Waals surface area (Å²) in [7, 11) is 0. The largest absolute Gasteiger partial charge is 0.354 e. The third kappa shape index (κ3) is 3.99. The van der Waals surface area contributed by atoms with E-state index in [1.165, 1.54) is 12.1 Å². The lowest BCUT2D eigenvalue weighted by Gasteiger charge is -2.10. The first-order chi connectivity index (χ1) is 14.0. The molecule has 4 rings (SSSR count). The van der Waals surface area contributed by atoms with Gasteiger partial charge < -0.3 is 15.6 Å². The van der Waals surface area contributed by atoms with Gasteiger partial charge in [0, 0.05) is 35.1 Å². The van der Waals surface area contributed by atoms with Crippen LogP contribution in [0.1, 0.15) is 30.4 Å². The van der Waals surface area contributed by atoms with Crippen LogP contribution in [0, 0.1) is 0 Å². The molecule has 3 N–H and O–H groups in total. The number of aromatic nitrogens is 1. The number of amides is 2. The summed E-state index contributed by atoms with van der Waals surface area (Å²) in [6, 6.07) is 13.5. The van der Waals surface area contributed by atoms with Gasteiger partial charge in [0.25, 0.3) is 6.43 Å². The molecule has 150 valence electrons. The number of carbonyl (C=O) groups is 2. The third-order valence-corrected chi connectivity index (χ3v) is 5.25. The molecule has 0 aliphatic carbocycles. The normalized spacial score (nSPS) is 16.4. The zero-order valence-electron chi connectivity index (χ0n) is 15.7. The highest BCUT2D eigenvalue weighted by molar-refractivity contribution is 5.92. The van der Waals surface area contributed by atoms with Crippen LogP contribution in [0.3, 0.4) is 0 Å². The number of carbonyl (C=O) groups excluding carboxylic acids is 2. The van der Waals surface area contributed by atoms with Crippen LogP contribution in [-0.2, 0) is 16.0 Å². The number of alkyl halides is 2. The maximum atomic E-state index is 12.9. The van der Waals surface area contributed by atoms with Crippen molar-refractivity contribution >= 4 is 22.7 Å². The van der Waals surface area contributed by atoms with Crippen molar-refractivity contribution in [3.05, 3.63) is 59.7 Å². The molecular weight excluding hydrogens is 376 g/mol. The number of hydrogen-bond donors (Lipinski definition) is 3. The molecule has 0 radical (unpaired) electrons. The number of aryl methyl sites for hydroxylation is 1. The van der Waals surface area contributed by atoms with Crippen LogP contribution < -0.4 is 10.6 Å². The summed E-state index contributed by atoms with van der Waals surface area (Å²) in [5, 5.41) is 6.47. The molecule has 2 amide bonds. The number of benzene rings is 2. The van der Waals surface area contributed by atoms with Gasteiger partial charge in [-0.2, -0.15) is 0 Å². The molecular formula is C22H21F2N3O2. The number of hydrogen-bond acceptors (Lipinski definition) is 2. The van der Waals surface area contributed by atoms with Crippen molar-refractivity contribution in [3.63, 3.8) is 0 Å². The van der Waals surface area contributed by atoms with E-state index in [1.54, 1.807) is 12.1 Å². The first kappa shape index (κ1) is 19.1. The van der Waals surface area contributed by atoms with Crippen LogP contribution in [0.15, 0.2) is 48.5 Å². The maximum absolute atomic E-state index is 12.9. The zero-order valence-corrected chi connectivity index (χ0v) is 15.7. The summed E-state index contributed by atoms with van der Waals surface area (Å²) >= 11 is 0. The first-order valence-corrected chi connectivity index (χ1v) is 9.58. The lowest BCUT2D eigenvalue weighted by atomic mass is 10.00. The minimum Gasteiger partial charge on any atom is -0.354 e. The van der Waals surface area contributed by atoms with E-state index < -0.39 is 12.5 Å². The van der Waals surface area contributed by atoms with Gasteiger partial charge in [0.05, 0.1) is 0 Å². The van der Waals surface area contributed by atoms with Crippen molar-refractivity contribution in [2.45, 2.75) is 31.7 Å². The predicted octanol–water partition coefficient (Wildman–Crippen LogP) is 3.71. The van der Waals surface area contributed by atoms with Crippen LogP contribution >= 0.6 is 0 Å². The second kappa shape index (κ2) is 8.03. The van der Waals surface area contributed by atoms with Crippen molar-refractivity contribution in [1.82, 2.24) is 15.6 Å². The number of nitrogens with one attached hydrogen (secondary N) is 3. The number of fused-ring (bicyclic) bond motifs is 1. The SMILES string of the molecule is O=C(CCc1c(-c2ccc(C(F)F)cc2)[nH]c2ccccc12)NC1CCNC1=O. The molecule has 29 heavy (non-hydrogen) atoms. The van der Waals surface area contributed by atoms with Crippen LogP contribution in [0.5, 0.6) is 0 Å². The minimum absolute atomic E-state index is 0.0272. The van der Waals surface area contributed by atoms with E-state index in [4.69, 9.17) is 0 Å². The Hall–Kier alpha value is -3.22. The lowest BCUT2D eigenvalue weighted by molar-refractivity contribution is -0.127. The van der Waals surface area contributed by atoms with Crippen molar-refractivity contribution in [2.24, 2.45) is 0 Å². The fourth-order valence-electron chi connectivity index (χ4n) is 3.74. The number of para-hydroxylation sites is 1. The quantitative estimate of drug-likeness (QED) is 0.593. The standard InChI is InChI=1S/C22H21F2N3O2/c23-21(24)14-7-5-13(6-8-14)20-16(15-3-1-2-4-17(15)27-20)9-10-19(28)26-18-11-12-25-22(18)29/h1-8,18,21,27H,9-12H2,(H,25,29)(H,26,28). The van der Waals surface area contributed by atoms with Crippen molar-refractivity contribution in [2.75, 3.05) is 6.54 Å². The Labute approximate surface area is 166 Å². The highest BCUT2D eigenvalue weighted by Crippen LogP contribution is 2.32. The average Bonchev–Trinajstić information content (AvgIpc) is 3.29. The van der Waals surface area contributed by atoms with E-state index >= 15 is 0 Å². The van der Waals surface area contributed by atoms with Crippen LogP contribution in [0.4, 0.5) is 8.78 Å². The first-order valence-electron chi connectivity index (χ1n) is 9.58. The average molecular weight is 397 g/mol. The lowest BCUT2D eigenvalue weighted by Crippen LogP contribution is -2.40. The van der Waals surface area contributed by atoms with Gasteiger partial charge in [0.15, 0.2) is 0 Å². The molecule has 0 bridgehead atoms. The van der Waals surface area contributed by atoms with Crippen LogP contribution in [0.2, 0.25) is 0 Å². The molecule has 1 unspecified atom stereocenters. The highest BCUT2D eigenvalue weighted by Gasteiger charge is 2.25. The van der Waals surface area contributed by atoms with Crippen LogP contribution in [-0.4, -0.2) is 29.4 Å². The summed E-state index contributed by atoms with van der Waals surface area (Å²) in [5.74, 6) is -0.332. The Morgan fingerprint density at radius 3 is 2.59 bits per heavy atom. The van der Waals surface area contributed by atoms with Crippen molar-refractivity contribution < 1.29 is 18.4 Å². The Bertz CT molecular complexity index is 1040. The molecule has 7 heteroatoms. The minimum atomic E-state index is -2.51. The van der Waals surface area contributed by atoms with Crippen LogP contribution in [0.25, 0.3) is 22.2 Å². The van der Waals surface area contributed by atoms with Gasteiger partial charge >= 0.3 is 0 Å². The Morgan fingerprint density at radius 2 is 1.90 bits per heavy atom. The second-order valence-electron chi connectivity index (χ2n) is 7.15. The predicted molar refractivity (Wildman–Crippen MR) is 107 cm³/mol. The Balaban J connectivity index is 1.58. The molecule has 1 atom stereocenters. The topological polar surface area (TPSA) is 74.0 Å². The molecule has 0 saturated carbocycles. The maximum Gasteiger partial charge on any atom is 0.263 e. The van der Waals surface area contributed by atoms with Gasteiger partial charge in [-0.05, 0) is 30.0 Å². The number of H-pyrrole nitrogens is 1. The van der Waals surface area contributed by atoms with E-state index in [0.717, 1.165) is 27.7 Å². The molecule has 2 aromatic carbocycles. The molecule has 1 fully saturated rings. The number of rotatable bonds is 6. The number of aromatic amines is 1. The summed E-state index contributed by atoms with van der Waals surface area (Å²) < 4.78 is 25.7. The molecule has 0 spiro atoms. The molecule has 2 heterocycles. The fraction of sp³-hybridized carbons (Fsp3) is 0.273. The van der Waals surface area contributed by atoms with E-state index in [2.05, 4.69) is 15.6 Å². The summed E-state index contributed by atoms with van der Waals surface area (Å²) in [6.07, 6.45) is -1.22. The summed E-state index contributed by atoms with van der Waals surface area (Å²) in [4.78, 5) is 27.4. The van der Waals surface area contributed by atoms with E-state index in [0.29, 0.717) is 19.4 Å². The number of halogens is 2. The molecule has 1 aromatic heterocycles. The van der Waals surface area contributed by atoms with Gasteiger partial charge in [-0.1, -0.05) is 42.5 Å². The fourth-order valence-corrected chi connectivity index (χ4v) is 3.74. The van der Waals surface area contributed by atoms with Crippen molar-refractivity contribution in [1.29, 1.82) is 0 Å². The zero-order chi connectivity index (χ0) is 20.4. The van der Waals surface area contributed by atoms with Gasteiger partial charge in [-0.25, -0.2) is 8.78 Å². The highest BCUT2D eigenvalue weighted by atomic mass is 19.3. The monoisotopic (exact) mass is 397 g/mol. The van der Waals surface area contributed by atoms with E-state index in [-0.39, 0.29) is 23.8 Å². The van der Waals surface area contributed by atoms with Gasteiger partial charge in [0.1, 0.15) is 6.04 Å². The molecule has 5 nitrogen and oxygen atoms in total. The molecule has 1 saturated heterocycles. The Morgan fingerprint density at radius 1 is 1.14 bits per heavy atom. The second-order valence-corrected chi connectivity index (χ2v) is 7.15. The molecule has 1 aliphatic heterocycles. The van der Waals surface area contributed by atoms with Gasteiger partial charge in [0.2, 0.25) is 11.8 Å².